The van der Waals surface area contributed by atoms with Gasteiger partial charge in [-0.3, -0.25) is 9.78 Å². The molecular formula is C21H21N5O5S. The Balaban J connectivity index is 1.77. The molecular weight excluding hydrogens is 434 g/mol. The van der Waals surface area contributed by atoms with Crippen LogP contribution in [0.3, 0.4) is 0 Å². The van der Waals surface area contributed by atoms with Crippen molar-refractivity contribution in [3.05, 3.63) is 42.2 Å². The number of ether oxygens (including phenoxy) is 2. The van der Waals surface area contributed by atoms with Crippen molar-refractivity contribution >= 4 is 32.9 Å². The summed E-state index contributed by atoms with van der Waals surface area (Å²) in [6, 6.07) is 6.68. The molecule has 0 bridgehead atoms. The summed E-state index contributed by atoms with van der Waals surface area (Å²) in [5.74, 6) is 1.88. The summed E-state index contributed by atoms with van der Waals surface area (Å²) in [6.07, 6.45) is 4.27. The van der Waals surface area contributed by atoms with Crippen molar-refractivity contribution in [1.82, 2.24) is 15.0 Å². The Labute approximate surface area is 185 Å². The number of carbonyl (C=O) groups excluding carboxylic acids is 1. The number of ketones is 1. The van der Waals surface area contributed by atoms with E-state index in [2.05, 4.69) is 25.6 Å². The molecule has 0 aromatic carbocycles. The van der Waals surface area contributed by atoms with Gasteiger partial charge in [-0.15, -0.1) is 0 Å². The van der Waals surface area contributed by atoms with Crippen LogP contribution in [-0.2, 0) is 14.6 Å². The summed E-state index contributed by atoms with van der Waals surface area (Å²) < 4.78 is 34.8. The molecule has 0 fully saturated rings. The van der Waals surface area contributed by atoms with Gasteiger partial charge < -0.3 is 20.1 Å². The maximum atomic E-state index is 12.0. The fourth-order valence-corrected chi connectivity index (χ4v) is 3.72. The summed E-state index contributed by atoms with van der Waals surface area (Å²) in [5, 5.41) is 6.09. The highest BCUT2D eigenvalue weighted by Crippen LogP contribution is 2.37. The molecule has 1 aliphatic rings. The summed E-state index contributed by atoms with van der Waals surface area (Å²) in [6.45, 7) is 3.50. The molecule has 0 spiro atoms. The lowest BCUT2D eigenvalue weighted by molar-refractivity contribution is -0.115. The first-order valence-electron chi connectivity index (χ1n) is 9.64. The minimum atomic E-state index is -3.49. The lowest BCUT2D eigenvalue weighted by Gasteiger charge is -2.14. The Hall–Kier alpha value is -3.73. The Morgan fingerprint density at radius 3 is 2.59 bits per heavy atom. The predicted octanol–water partition coefficient (Wildman–Crippen LogP) is 2.72. The molecule has 0 saturated heterocycles. The van der Waals surface area contributed by atoms with Gasteiger partial charge in [-0.1, -0.05) is 0 Å². The maximum absolute atomic E-state index is 12.0. The minimum Gasteiger partial charge on any atom is -0.453 e. The third-order valence-corrected chi connectivity index (χ3v) is 5.52. The first kappa shape index (κ1) is 21.5. The molecule has 0 radical (unpaired) electrons. The summed E-state index contributed by atoms with van der Waals surface area (Å²) in [4.78, 5) is 24.4. The normalized spacial score (nSPS) is 12.5. The zero-order chi connectivity index (χ0) is 22.9. The Bertz CT molecular complexity index is 1310. The molecule has 11 heteroatoms. The van der Waals surface area contributed by atoms with E-state index in [4.69, 9.17) is 9.47 Å². The molecule has 4 heterocycles. The third kappa shape index (κ3) is 4.78. The smallest absolute Gasteiger partial charge is 0.231 e. The van der Waals surface area contributed by atoms with Crippen LogP contribution in [0.15, 0.2) is 41.7 Å². The molecule has 10 nitrogen and oxygen atoms in total. The quantitative estimate of drug-likeness (QED) is 0.548. The van der Waals surface area contributed by atoms with Gasteiger partial charge in [-0.25, -0.2) is 18.4 Å². The van der Waals surface area contributed by atoms with Gasteiger partial charge in [0, 0.05) is 30.1 Å². The standard InChI is InChI=1S/C21H21N5O5S/c1-12-4-20(26-21(5-12)32(3,28)29)25-16-7-19(23-8-13(2)27)24-9-14(16)15-6-17-18(10-22-15)31-11-30-17/h4-7,9-10H,8,11H2,1-3H3,(H2,23,24,25,26). The number of sulfone groups is 1. The van der Waals surface area contributed by atoms with E-state index in [0.29, 0.717) is 40.1 Å². The van der Waals surface area contributed by atoms with E-state index in [9.17, 15) is 13.2 Å². The van der Waals surface area contributed by atoms with Crippen LogP contribution in [0.5, 0.6) is 11.5 Å². The number of aromatic nitrogens is 3. The summed E-state index contributed by atoms with van der Waals surface area (Å²) >= 11 is 0. The van der Waals surface area contributed by atoms with Crippen LogP contribution >= 0.6 is 0 Å². The van der Waals surface area contributed by atoms with Gasteiger partial charge in [0.2, 0.25) is 6.79 Å². The van der Waals surface area contributed by atoms with Crippen LogP contribution in [-0.4, -0.2) is 48.7 Å². The van der Waals surface area contributed by atoms with Crippen LogP contribution in [0.1, 0.15) is 12.5 Å². The molecule has 0 unspecified atom stereocenters. The van der Waals surface area contributed by atoms with Gasteiger partial charge in [0.25, 0.3) is 0 Å². The van der Waals surface area contributed by atoms with Crippen molar-refractivity contribution < 1.29 is 22.7 Å². The van der Waals surface area contributed by atoms with Gasteiger partial charge in [-0.05, 0) is 31.5 Å². The zero-order valence-electron chi connectivity index (χ0n) is 17.7. The number of Topliss-reactive ketones (excluding diaryl/α,β-unsaturated/α-hetero) is 1. The van der Waals surface area contributed by atoms with E-state index >= 15 is 0 Å². The topological polar surface area (TPSA) is 132 Å². The SMILES string of the molecule is CC(=O)CNc1cc(Nc2cc(C)cc(S(C)(=O)=O)n2)c(-c2cc3c(cn2)OCO3)cn1. The van der Waals surface area contributed by atoms with Crippen molar-refractivity contribution in [3.63, 3.8) is 0 Å². The van der Waals surface area contributed by atoms with E-state index in [1.807, 2.05) is 0 Å². The molecule has 166 valence electrons. The van der Waals surface area contributed by atoms with E-state index < -0.39 is 9.84 Å². The first-order valence-corrected chi connectivity index (χ1v) is 11.5. The van der Waals surface area contributed by atoms with Gasteiger partial charge in [0.15, 0.2) is 26.4 Å². The predicted molar refractivity (Wildman–Crippen MR) is 118 cm³/mol. The first-order chi connectivity index (χ1) is 15.2. The molecule has 3 aromatic rings. The number of fused-ring (bicyclic) bond motifs is 1. The number of anilines is 3. The average molecular weight is 455 g/mol. The Kier molecular flexibility index (Phi) is 5.66. The summed E-state index contributed by atoms with van der Waals surface area (Å²) in [7, 11) is -3.49. The number of rotatable bonds is 7. The molecule has 1 aliphatic heterocycles. The fourth-order valence-electron chi connectivity index (χ4n) is 3.05. The monoisotopic (exact) mass is 455 g/mol. The summed E-state index contributed by atoms with van der Waals surface area (Å²) in [5.41, 5.74) is 2.49. The van der Waals surface area contributed by atoms with Crippen LogP contribution < -0.4 is 20.1 Å². The van der Waals surface area contributed by atoms with Gasteiger partial charge in [-0.2, -0.15) is 0 Å². The molecule has 32 heavy (non-hydrogen) atoms. The number of aryl methyl sites for hydroxylation is 1. The number of nitrogens with one attached hydrogen (secondary N) is 2. The second kappa shape index (κ2) is 8.42. The number of hydrogen-bond acceptors (Lipinski definition) is 10. The van der Waals surface area contributed by atoms with Crippen molar-refractivity contribution in [1.29, 1.82) is 0 Å². The molecule has 0 saturated carbocycles. The number of hydrogen-bond donors (Lipinski definition) is 2. The second-order valence-electron chi connectivity index (χ2n) is 7.36. The van der Waals surface area contributed by atoms with Crippen LogP contribution in [0, 0.1) is 6.92 Å². The fraction of sp³-hybridized carbons (Fsp3) is 0.238. The van der Waals surface area contributed by atoms with Crippen molar-refractivity contribution in [2.75, 3.05) is 30.2 Å². The Morgan fingerprint density at radius 1 is 1.06 bits per heavy atom. The molecule has 3 aromatic heterocycles. The van der Waals surface area contributed by atoms with E-state index in [0.717, 1.165) is 11.8 Å². The number of nitrogens with zero attached hydrogens (tertiary/aromatic N) is 3. The van der Waals surface area contributed by atoms with Gasteiger partial charge >= 0.3 is 0 Å². The highest BCUT2D eigenvalue weighted by molar-refractivity contribution is 7.90. The second-order valence-corrected chi connectivity index (χ2v) is 9.32. The maximum Gasteiger partial charge on any atom is 0.231 e. The van der Waals surface area contributed by atoms with E-state index in [-0.39, 0.29) is 24.1 Å². The highest BCUT2D eigenvalue weighted by Gasteiger charge is 2.18. The third-order valence-electron chi connectivity index (χ3n) is 4.55. The highest BCUT2D eigenvalue weighted by atomic mass is 32.2. The van der Waals surface area contributed by atoms with Gasteiger partial charge in [0.1, 0.15) is 17.4 Å². The molecule has 0 aliphatic carbocycles. The number of carbonyl (C=O) groups is 1. The van der Waals surface area contributed by atoms with Gasteiger partial charge in [0.05, 0.1) is 24.1 Å². The molecule has 0 amide bonds. The van der Waals surface area contributed by atoms with Crippen LogP contribution in [0.4, 0.5) is 17.3 Å². The van der Waals surface area contributed by atoms with Crippen LogP contribution in [0.25, 0.3) is 11.3 Å². The largest absolute Gasteiger partial charge is 0.453 e. The lowest BCUT2D eigenvalue weighted by Crippen LogP contribution is -2.11. The number of pyridine rings is 3. The average Bonchev–Trinajstić information content (AvgIpc) is 3.19. The van der Waals surface area contributed by atoms with E-state index in [1.54, 1.807) is 37.5 Å². The van der Waals surface area contributed by atoms with Crippen molar-refractivity contribution in [2.45, 2.75) is 18.9 Å². The lowest BCUT2D eigenvalue weighted by atomic mass is 10.1. The zero-order valence-corrected chi connectivity index (χ0v) is 18.5. The molecule has 0 atom stereocenters. The van der Waals surface area contributed by atoms with Crippen molar-refractivity contribution in [3.8, 4) is 22.8 Å². The molecule has 4 rings (SSSR count). The van der Waals surface area contributed by atoms with Crippen molar-refractivity contribution in [2.24, 2.45) is 0 Å². The van der Waals surface area contributed by atoms with Crippen LogP contribution in [0.2, 0.25) is 0 Å². The van der Waals surface area contributed by atoms with E-state index in [1.165, 1.54) is 13.0 Å². The minimum absolute atomic E-state index is 0.0354. The Morgan fingerprint density at radius 2 is 1.84 bits per heavy atom. The molecule has 2 N–H and O–H groups in total.